The van der Waals surface area contributed by atoms with E-state index in [-0.39, 0.29) is 35.8 Å². The molecule has 0 bridgehead atoms. The van der Waals surface area contributed by atoms with Crippen molar-refractivity contribution in [3.05, 3.63) is 358 Å². The van der Waals surface area contributed by atoms with Crippen LogP contribution in [0.1, 0.15) is 191 Å². The van der Waals surface area contributed by atoms with Gasteiger partial charge in [-0.2, -0.15) is 0 Å². The van der Waals surface area contributed by atoms with E-state index >= 15 is 0 Å². The van der Waals surface area contributed by atoms with Gasteiger partial charge < -0.3 is 28.4 Å². The first-order valence-corrected chi connectivity index (χ1v) is 44.3. The Morgan fingerprint density at radius 3 is 0.496 bits per heavy atom. The van der Waals surface area contributed by atoms with Gasteiger partial charge in [0.25, 0.3) is 0 Å². The van der Waals surface area contributed by atoms with E-state index in [1.165, 1.54) is 0 Å². The van der Waals surface area contributed by atoms with Gasteiger partial charge in [0.2, 0.25) is 0 Å². The van der Waals surface area contributed by atoms with Crippen molar-refractivity contribution in [2.24, 2.45) is 32.5 Å². The van der Waals surface area contributed by atoms with Crippen LogP contribution < -0.4 is 28.4 Å². The summed E-state index contributed by atoms with van der Waals surface area (Å²) in [5, 5.41) is 10.5. The maximum atomic E-state index is 13.8. The summed E-state index contributed by atoms with van der Waals surface area (Å²) in [6, 6.07) is 103. The largest absolute Gasteiger partial charge is 0.426 e. The number of carbonyl (C=O) groups excluding carboxylic acids is 6. The zero-order chi connectivity index (χ0) is 90.9. The molecule has 3 aliphatic carbocycles. The summed E-state index contributed by atoms with van der Waals surface area (Å²) in [5.74, 6) is 0.408. The fourth-order valence-electron chi connectivity index (χ4n) is 19.2. The van der Waals surface area contributed by atoms with E-state index in [1.807, 2.05) is 197 Å². The molecule has 129 heavy (non-hydrogen) atoms. The van der Waals surface area contributed by atoms with Gasteiger partial charge in [0.15, 0.2) is 0 Å². The van der Waals surface area contributed by atoms with Crippen molar-refractivity contribution in [1.29, 1.82) is 0 Å². The third-order valence-electron chi connectivity index (χ3n) is 25.8. The molecule has 0 aromatic heterocycles. The molecule has 642 valence electrons. The van der Waals surface area contributed by atoms with E-state index in [9.17, 15) is 28.8 Å². The van der Waals surface area contributed by atoms with Gasteiger partial charge in [-0.1, -0.05) is 182 Å². The van der Waals surface area contributed by atoms with E-state index in [0.717, 1.165) is 165 Å². The summed E-state index contributed by atoms with van der Waals surface area (Å²) in [6.45, 7) is 33.3. The molecule has 19 rings (SSSR count). The SMILES string of the molecule is CC(C)(C)C(=O)Oc1ccc2cc(C3(c4ccc5cc(OC(=O)C(C)(C)C)ccc5c4)c4ccccc4-c4c3c3c(c5c4C(c4ccc6cc(OC(=O)C(C)(C)C)ccc6c4)(c4ccc6cc(OC(=O)C(C)(C)C)ccc6c4)c4ccccc4-5)C(c4ccc5cc(OC(=O)C(C)(C)C)ccc5c4)(c4ccc5cc(OC(=O)C(C)(C)C)ccc5c4)c4ccccc4-3)ccc2c1. The van der Waals surface area contributed by atoms with Crippen LogP contribution in [0, 0.1) is 32.5 Å². The minimum atomic E-state index is -1.30. The van der Waals surface area contributed by atoms with Crippen LogP contribution in [0.3, 0.4) is 0 Å². The van der Waals surface area contributed by atoms with Gasteiger partial charge >= 0.3 is 35.8 Å². The van der Waals surface area contributed by atoms with Crippen molar-refractivity contribution in [1.82, 2.24) is 0 Å². The molecule has 0 amide bonds. The third-order valence-corrected chi connectivity index (χ3v) is 25.8. The molecule has 0 heterocycles. The van der Waals surface area contributed by atoms with Crippen molar-refractivity contribution in [2.45, 2.75) is 141 Å². The third kappa shape index (κ3) is 14.0. The first-order valence-electron chi connectivity index (χ1n) is 44.3. The lowest BCUT2D eigenvalue weighted by Gasteiger charge is -2.40. The van der Waals surface area contributed by atoms with Gasteiger partial charge in [-0.05, 0) is 399 Å². The first-order chi connectivity index (χ1) is 61.1. The van der Waals surface area contributed by atoms with Crippen molar-refractivity contribution in [3.8, 4) is 67.9 Å². The smallest absolute Gasteiger partial charge is 0.316 e. The number of rotatable bonds is 12. The first kappa shape index (κ1) is 84.4. The van der Waals surface area contributed by atoms with Crippen LogP contribution in [0.5, 0.6) is 34.5 Å². The highest BCUT2D eigenvalue weighted by molar-refractivity contribution is 6.11. The molecule has 0 unspecified atom stereocenters. The number of benzene rings is 16. The molecule has 16 aromatic rings. The van der Waals surface area contributed by atoms with E-state index in [0.29, 0.717) is 34.5 Å². The molecule has 0 fully saturated rings. The highest BCUT2D eigenvalue weighted by atomic mass is 16.6. The number of esters is 6. The highest BCUT2D eigenvalue weighted by Crippen LogP contribution is 2.73. The summed E-state index contributed by atoms with van der Waals surface area (Å²) >= 11 is 0. The van der Waals surface area contributed by atoms with Gasteiger partial charge in [-0.25, -0.2) is 0 Å². The Balaban J connectivity index is 1.02. The minimum absolute atomic E-state index is 0.356. The number of carbonyl (C=O) groups is 6. The molecule has 16 aromatic carbocycles. The standard InChI is InChI=1S/C117H102O12/c1-109(2,3)103(118)124-85-49-37-67-55-79(43-31-73(67)61-85)115(80-44-32-74-62-86(50-38-68(74)56-80)125-104(119)110(4,5)6)94-28-22-19-25-91(94)97-100(115)98-92-26-20-23-29-95(92)116(81-45-33-75-63-87(51-39-69(75)57-81)126-105(120)111(7,8)9,82-46-34-76-64-88(52-40-70(76)58-82)127-106(121)112(10,11)12)102(98)99-93-27-21-24-30-96(93)117(101(97)99,83-47-35-77-65-89(53-41-71(77)59-83)128-107(122)113(13,14)15)84-48-36-78-66-90(54-42-72(78)60-84)129-108(123)114(16,17)18/h19-66H,1-18H3. The molecular formula is C117H102O12. The number of hydrogen-bond donors (Lipinski definition) is 0. The second-order valence-electron chi connectivity index (χ2n) is 41.3. The molecule has 0 N–H and O–H groups in total. The summed E-state index contributed by atoms with van der Waals surface area (Å²) in [6.07, 6.45) is 0. The summed E-state index contributed by atoms with van der Waals surface area (Å²) in [7, 11) is 0. The lowest BCUT2D eigenvalue weighted by Crippen LogP contribution is -2.33. The summed E-state index contributed by atoms with van der Waals surface area (Å²) in [4.78, 5) is 83.0. The van der Waals surface area contributed by atoms with Crippen LogP contribution in [0.15, 0.2) is 291 Å². The molecule has 12 heteroatoms. The van der Waals surface area contributed by atoms with Gasteiger partial charge in [0, 0.05) is 0 Å². The molecular weight excluding hydrogens is 1600 g/mol. The van der Waals surface area contributed by atoms with Crippen LogP contribution >= 0.6 is 0 Å². The lowest BCUT2D eigenvalue weighted by atomic mass is 9.60. The summed E-state index contributed by atoms with van der Waals surface area (Å²) < 4.78 is 37.2. The predicted molar refractivity (Wildman–Crippen MR) is 514 cm³/mol. The van der Waals surface area contributed by atoms with E-state index < -0.39 is 48.7 Å². The number of fused-ring (bicyclic) bond motifs is 18. The zero-order valence-corrected chi connectivity index (χ0v) is 76.1. The average molecular weight is 1700 g/mol. The molecule has 3 aliphatic rings. The van der Waals surface area contributed by atoms with Gasteiger partial charge in [0.05, 0.1) is 48.7 Å². The van der Waals surface area contributed by atoms with Crippen LogP contribution in [0.2, 0.25) is 0 Å². The average Bonchev–Trinajstić information content (AvgIpc) is 1.46. The van der Waals surface area contributed by atoms with Gasteiger partial charge in [0.1, 0.15) is 34.5 Å². The van der Waals surface area contributed by atoms with Crippen LogP contribution in [-0.2, 0) is 45.0 Å². The molecule has 0 saturated carbocycles. The quantitative estimate of drug-likeness (QED) is 0.0843. The Kier molecular flexibility index (Phi) is 19.6. The van der Waals surface area contributed by atoms with Gasteiger partial charge in [-0.15, -0.1) is 0 Å². The van der Waals surface area contributed by atoms with E-state index in [1.54, 1.807) is 0 Å². The normalized spacial score (nSPS) is 14.2. The Hall–Kier alpha value is -14.1. The number of ether oxygens (including phenoxy) is 6. The molecule has 0 aliphatic heterocycles. The Morgan fingerprint density at radius 1 is 0.186 bits per heavy atom. The summed E-state index contributed by atoms with van der Waals surface area (Å²) in [5.41, 5.74) is 9.17. The zero-order valence-electron chi connectivity index (χ0n) is 76.1. The second-order valence-corrected chi connectivity index (χ2v) is 41.3. The van der Waals surface area contributed by atoms with Crippen molar-refractivity contribution >= 4 is 100 Å². The predicted octanol–water partition coefficient (Wildman–Crippen LogP) is 27.4. The van der Waals surface area contributed by atoms with Crippen molar-refractivity contribution in [2.75, 3.05) is 0 Å². The topological polar surface area (TPSA) is 158 Å². The molecule has 0 atom stereocenters. The van der Waals surface area contributed by atoms with Crippen LogP contribution in [-0.4, -0.2) is 35.8 Å². The number of hydrogen-bond acceptors (Lipinski definition) is 12. The Labute approximate surface area is 752 Å². The fraction of sp³-hybridized carbons (Fsp3) is 0.231. The molecule has 0 saturated heterocycles. The molecule has 0 spiro atoms. The second kappa shape index (κ2) is 30.0. The maximum Gasteiger partial charge on any atom is 0.316 e. The van der Waals surface area contributed by atoms with Crippen LogP contribution in [0.25, 0.3) is 98.0 Å². The fourth-order valence-corrected chi connectivity index (χ4v) is 19.2. The van der Waals surface area contributed by atoms with E-state index in [2.05, 4.69) is 218 Å². The van der Waals surface area contributed by atoms with Crippen LogP contribution in [0.4, 0.5) is 0 Å². The highest BCUT2D eigenvalue weighted by Gasteiger charge is 2.61. The van der Waals surface area contributed by atoms with Gasteiger partial charge in [-0.3, -0.25) is 28.8 Å². The minimum Gasteiger partial charge on any atom is -0.426 e. The van der Waals surface area contributed by atoms with E-state index in [4.69, 9.17) is 28.4 Å². The van der Waals surface area contributed by atoms with Crippen molar-refractivity contribution < 1.29 is 57.2 Å². The molecule has 12 nitrogen and oxygen atoms in total. The Bertz CT molecular complexity index is 6460. The van der Waals surface area contributed by atoms with Crippen molar-refractivity contribution in [3.63, 3.8) is 0 Å². The Morgan fingerprint density at radius 2 is 0.333 bits per heavy atom. The molecule has 0 radical (unpaired) electrons. The lowest BCUT2D eigenvalue weighted by molar-refractivity contribution is -0.143. The monoisotopic (exact) mass is 1700 g/mol. The maximum absolute atomic E-state index is 13.8.